The monoisotopic (exact) mass is 648 g/mol. The van der Waals surface area contributed by atoms with Gasteiger partial charge in [-0.25, -0.2) is 0 Å². The summed E-state index contributed by atoms with van der Waals surface area (Å²) < 4.78 is 0. The Balaban J connectivity index is 1.48. The second-order valence-corrected chi connectivity index (χ2v) is 19.2. The first-order valence-electron chi connectivity index (χ1n) is 18.6. The van der Waals surface area contributed by atoms with Crippen molar-refractivity contribution in [1.29, 1.82) is 0 Å². The molecule has 0 saturated heterocycles. The van der Waals surface area contributed by atoms with E-state index in [0.717, 1.165) is 6.42 Å². The quantitative estimate of drug-likeness (QED) is 0.255. The number of hydrogen-bond acceptors (Lipinski definition) is 2. The lowest BCUT2D eigenvalue weighted by molar-refractivity contribution is 0.293. The second kappa shape index (κ2) is 11.4. The first-order valence-corrected chi connectivity index (χ1v) is 18.6. The fraction of sp³-hybridized carbons (Fsp3) is 0.435. The van der Waals surface area contributed by atoms with Gasteiger partial charge in [0.1, 0.15) is 0 Å². The predicted octanol–water partition coefficient (Wildman–Crippen LogP) is 10.9. The molecule has 3 heteroatoms. The van der Waals surface area contributed by atoms with E-state index in [1.165, 1.54) is 56.1 Å². The number of hydrogen-bond donors (Lipinski definition) is 0. The van der Waals surface area contributed by atoms with E-state index in [0.29, 0.717) is 5.92 Å². The van der Waals surface area contributed by atoms with Gasteiger partial charge in [-0.1, -0.05) is 144 Å². The zero-order chi connectivity index (χ0) is 35.3. The highest BCUT2D eigenvalue weighted by Gasteiger charge is 2.52. The highest BCUT2D eigenvalue weighted by atomic mass is 15.2. The van der Waals surface area contributed by atoms with Crippen molar-refractivity contribution in [2.24, 2.45) is 11.3 Å². The molecule has 3 aromatic rings. The second-order valence-electron chi connectivity index (χ2n) is 19.2. The summed E-state index contributed by atoms with van der Waals surface area (Å²) in [6.45, 7) is 28.3. The number of fused-ring (bicyclic) bond motifs is 4. The van der Waals surface area contributed by atoms with Crippen molar-refractivity contribution in [3.63, 3.8) is 0 Å². The predicted molar refractivity (Wildman–Crippen MR) is 215 cm³/mol. The Labute approximate surface area is 297 Å². The minimum absolute atomic E-state index is 0.0499. The smallest absolute Gasteiger partial charge is 0.226 e. The van der Waals surface area contributed by atoms with Crippen LogP contribution in [0.25, 0.3) is 0 Å². The van der Waals surface area contributed by atoms with Crippen molar-refractivity contribution < 1.29 is 0 Å². The standard InChI is InChI=1S/C46H57BN2/c1-43(2,3)30-16-22-34(23-17-30)48-38-26-20-32(45(7,8)9)28-36(38)47-37-29-33(46(10,11)12)21-27-39(37)49(41-15-13-14-40(48)42(41)47)35-24-18-31(19-25-35)44(4,5)6/h13-18,20-29,31,40,42H,19H2,1-12H3. The summed E-state index contributed by atoms with van der Waals surface area (Å²) in [6, 6.07) is 24.3. The highest BCUT2D eigenvalue weighted by Crippen LogP contribution is 2.50. The summed E-state index contributed by atoms with van der Waals surface area (Å²) in [6.07, 6.45) is 15.7. The van der Waals surface area contributed by atoms with Gasteiger partial charge in [-0.2, -0.15) is 0 Å². The summed E-state index contributed by atoms with van der Waals surface area (Å²) in [5, 5.41) is 0. The summed E-state index contributed by atoms with van der Waals surface area (Å²) in [5.74, 6) is 0.792. The van der Waals surface area contributed by atoms with Crippen LogP contribution in [0.2, 0.25) is 5.82 Å². The van der Waals surface area contributed by atoms with E-state index in [9.17, 15) is 0 Å². The van der Waals surface area contributed by atoms with Crippen LogP contribution < -0.4 is 20.7 Å². The van der Waals surface area contributed by atoms with Crippen molar-refractivity contribution in [3.05, 3.63) is 125 Å². The van der Waals surface area contributed by atoms with E-state index in [2.05, 4.69) is 190 Å². The normalized spacial score (nSPS) is 22.0. The minimum Gasteiger partial charge on any atom is -0.335 e. The largest absolute Gasteiger partial charge is 0.335 e. The molecular weight excluding hydrogens is 591 g/mol. The van der Waals surface area contributed by atoms with Crippen LogP contribution >= 0.6 is 0 Å². The summed E-state index contributed by atoms with van der Waals surface area (Å²) in [7, 11) is 0. The summed E-state index contributed by atoms with van der Waals surface area (Å²) >= 11 is 0. The molecule has 2 aliphatic heterocycles. The maximum Gasteiger partial charge on any atom is 0.226 e. The average molecular weight is 649 g/mol. The number of allylic oxidation sites excluding steroid dienone is 5. The third kappa shape index (κ3) is 5.86. The van der Waals surface area contributed by atoms with E-state index < -0.39 is 0 Å². The van der Waals surface area contributed by atoms with Crippen LogP contribution in [0.15, 0.2) is 109 Å². The molecule has 2 aliphatic carbocycles. The molecule has 7 rings (SSSR count). The Kier molecular flexibility index (Phi) is 7.86. The van der Waals surface area contributed by atoms with Crippen LogP contribution in [0.1, 0.15) is 106 Å². The Morgan fingerprint density at radius 3 is 1.71 bits per heavy atom. The average Bonchev–Trinajstić information content (AvgIpc) is 3.02. The molecule has 0 aromatic heterocycles. The van der Waals surface area contributed by atoms with E-state index in [1.807, 2.05) is 0 Å². The molecule has 0 amide bonds. The van der Waals surface area contributed by atoms with Gasteiger partial charge in [-0.3, -0.25) is 0 Å². The van der Waals surface area contributed by atoms with E-state index >= 15 is 0 Å². The molecule has 49 heavy (non-hydrogen) atoms. The fourth-order valence-corrected chi connectivity index (χ4v) is 8.47. The molecule has 0 spiro atoms. The lowest BCUT2D eigenvalue weighted by Crippen LogP contribution is -2.64. The van der Waals surface area contributed by atoms with Gasteiger partial charge >= 0.3 is 0 Å². The lowest BCUT2D eigenvalue weighted by Gasteiger charge is -2.53. The maximum atomic E-state index is 2.65. The van der Waals surface area contributed by atoms with Crippen molar-refractivity contribution in [3.8, 4) is 0 Å². The van der Waals surface area contributed by atoms with Gasteiger partial charge in [0.25, 0.3) is 0 Å². The van der Waals surface area contributed by atoms with Crippen LogP contribution in [0.3, 0.4) is 0 Å². The number of anilines is 3. The molecule has 0 fully saturated rings. The van der Waals surface area contributed by atoms with Crippen molar-refractivity contribution >= 4 is 34.7 Å². The Morgan fingerprint density at radius 2 is 1.18 bits per heavy atom. The zero-order valence-electron chi connectivity index (χ0n) is 32.1. The number of rotatable bonds is 2. The van der Waals surface area contributed by atoms with Gasteiger partial charge in [0.2, 0.25) is 6.71 Å². The molecule has 0 N–H and O–H groups in total. The topological polar surface area (TPSA) is 6.48 Å². The molecule has 3 atom stereocenters. The van der Waals surface area contributed by atoms with E-state index in [-0.39, 0.29) is 40.2 Å². The Hall–Kier alpha value is -3.72. The van der Waals surface area contributed by atoms with E-state index in [4.69, 9.17) is 0 Å². The molecular formula is C46H57BN2. The van der Waals surface area contributed by atoms with Crippen molar-refractivity contribution in [1.82, 2.24) is 0 Å². The summed E-state index contributed by atoms with van der Waals surface area (Å²) in [5.41, 5.74) is 14.1. The van der Waals surface area contributed by atoms with Crippen LogP contribution in [0.5, 0.6) is 0 Å². The molecule has 2 heterocycles. The first kappa shape index (κ1) is 33.8. The van der Waals surface area contributed by atoms with Crippen molar-refractivity contribution in [2.45, 2.75) is 118 Å². The molecule has 0 radical (unpaired) electrons. The van der Waals surface area contributed by atoms with Crippen LogP contribution in [-0.2, 0) is 16.2 Å². The molecule has 0 saturated carbocycles. The van der Waals surface area contributed by atoms with Crippen LogP contribution in [0.4, 0.5) is 17.1 Å². The van der Waals surface area contributed by atoms with Crippen LogP contribution in [0, 0.1) is 11.3 Å². The fourth-order valence-electron chi connectivity index (χ4n) is 8.47. The Bertz CT molecular complexity index is 1890. The highest BCUT2D eigenvalue weighted by molar-refractivity contribution is 6.90. The van der Waals surface area contributed by atoms with Gasteiger partial charge in [0.05, 0.1) is 6.04 Å². The number of nitrogens with zero attached hydrogens (tertiary/aromatic N) is 2. The van der Waals surface area contributed by atoms with Gasteiger partial charge in [0, 0.05) is 34.3 Å². The third-order valence-corrected chi connectivity index (χ3v) is 11.6. The Morgan fingerprint density at radius 1 is 0.633 bits per heavy atom. The molecule has 3 aromatic carbocycles. The van der Waals surface area contributed by atoms with Gasteiger partial charge in [0.15, 0.2) is 0 Å². The summed E-state index contributed by atoms with van der Waals surface area (Å²) in [4.78, 5) is 5.27. The SMILES string of the molecule is CC(C)(C)c1ccc(N2c3ccc(C(C)(C)C)cc3B3c4cc(C(C)(C)C)ccc4N(C4=CCC(C(C)(C)C)C=C4)C4=CC=CC2C34)cc1. The maximum absolute atomic E-state index is 2.65. The minimum atomic E-state index is 0.0499. The first-order chi connectivity index (χ1) is 22.8. The van der Waals surface area contributed by atoms with Crippen molar-refractivity contribution in [2.75, 3.05) is 9.80 Å². The van der Waals surface area contributed by atoms with Gasteiger partial charge in [-0.15, -0.1) is 0 Å². The van der Waals surface area contributed by atoms with Gasteiger partial charge in [-0.05, 0) is 98.0 Å². The number of benzene rings is 3. The lowest BCUT2D eigenvalue weighted by atomic mass is 9.28. The molecule has 2 nitrogen and oxygen atoms in total. The van der Waals surface area contributed by atoms with Crippen LogP contribution in [-0.4, -0.2) is 12.8 Å². The molecule has 4 aliphatic rings. The molecule has 254 valence electrons. The molecule has 0 bridgehead atoms. The van der Waals surface area contributed by atoms with E-state index in [1.54, 1.807) is 0 Å². The van der Waals surface area contributed by atoms with Gasteiger partial charge < -0.3 is 9.80 Å². The molecule has 3 unspecified atom stereocenters. The third-order valence-electron chi connectivity index (χ3n) is 11.6. The zero-order valence-corrected chi connectivity index (χ0v) is 32.1.